The molecule has 4 rings (SSSR count). The van der Waals surface area contributed by atoms with Gasteiger partial charge < -0.3 is 16.0 Å². The summed E-state index contributed by atoms with van der Waals surface area (Å²) in [6.45, 7) is 4.03. The topological polar surface area (TPSA) is 103 Å². The van der Waals surface area contributed by atoms with Crippen LogP contribution in [0.4, 0.5) is 5.69 Å². The third kappa shape index (κ3) is 6.41. The number of pyridine rings is 1. The van der Waals surface area contributed by atoms with Gasteiger partial charge in [-0.2, -0.15) is 0 Å². The molecule has 1 aromatic carbocycles. The Morgan fingerprint density at radius 3 is 2.41 bits per heavy atom. The smallest absolute Gasteiger partial charge is 0.228 e. The molecule has 2 atom stereocenters. The van der Waals surface area contributed by atoms with Crippen LogP contribution in [0.15, 0.2) is 42.7 Å². The molecule has 2 heterocycles. The fourth-order valence-corrected chi connectivity index (χ4v) is 4.91. The van der Waals surface area contributed by atoms with E-state index in [1.54, 1.807) is 12.4 Å². The van der Waals surface area contributed by atoms with Crippen molar-refractivity contribution in [2.45, 2.75) is 39.2 Å². The second kappa shape index (κ2) is 11.2. The van der Waals surface area contributed by atoms with Gasteiger partial charge in [-0.05, 0) is 66.6 Å². The van der Waals surface area contributed by atoms with Crippen LogP contribution in [0.25, 0.3) is 0 Å². The maximum Gasteiger partial charge on any atom is 0.228 e. The monoisotopic (exact) mass is 463 g/mol. The minimum absolute atomic E-state index is 0.0478. The molecule has 1 saturated heterocycles. The highest BCUT2D eigenvalue weighted by atomic mass is 16.2. The average Bonchev–Trinajstić information content (AvgIpc) is 3.30. The largest absolute Gasteiger partial charge is 0.355 e. The molecule has 180 valence electrons. The highest BCUT2D eigenvalue weighted by molar-refractivity contribution is 5.93. The average molecular weight is 464 g/mol. The van der Waals surface area contributed by atoms with E-state index in [0.717, 1.165) is 30.5 Å². The van der Waals surface area contributed by atoms with Gasteiger partial charge in [-0.25, -0.2) is 0 Å². The van der Waals surface area contributed by atoms with E-state index in [-0.39, 0.29) is 29.6 Å². The molecular weight excluding hydrogens is 430 g/mol. The van der Waals surface area contributed by atoms with Crippen molar-refractivity contribution in [2.75, 3.05) is 31.5 Å². The first-order chi connectivity index (χ1) is 16.5. The summed E-state index contributed by atoms with van der Waals surface area (Å²) in [6, 6.07) is 10.1. The summed E-state index contributed by atoms with van der Waals surface area (Å²) < 4.78 is 0. The van der Waals surface area contributed by atoms with Crippen LogP contribution in [-0.2, 0) is 33.8 Å². The van der Waals surface area contributed by atoms with Crippen LogP contribution in [0.5, 0.6) is 0 Å². The predicted octanol–water partition coefficient (Wildman–Crippen LogP) is 1.90. The Morgan fingerprint density at radius 1 is 0.941 bits per heavy atom. The first-order valence-electron chi connectivity index (χ1n) is 12.0. The number of aromatic nitrogens is 1. The van der Waals surface area contributed by atoms with Crippen molar-refractivity contribution in [3.8, 4) is 0 Å². The second-order valence-electron chi connectivity index (χ2n) is 9.28. The number of fused-ring (bicyclic) bond motifs is 1. The molecule has 0 spiro atoms. The van der Waals surface area contributed by atoms with Crippen LogP contribution >= 0.6 is 0 Å². The summed E-state index contributed by atoms with van der Waals surface area (Å²) >= 11 is 0. The van der Waals surface area contributed by atoms with Crippen molar-refractivity contribution in [2.24, 2.45) is 11.8 Å². The lowest BCUT2D eigenvalue weighted by Gasteiger charge is -2.36. The summed E-state index contributed by atoms with van der Waals surface area (Å²) in [4.78, 5) is 43.4. The summed E-state index contributed by atoms with van der Waals surface area (Å²) in [7, 11) is 0. The summed E-state index contributed by atoms with van der Waals surface area (Å²) in [5.74, 6) is -0.856. The number of hydrogen-bond acceptors (Lipinski definition) is 5. The minimum atomic E-state index is -0.302. The quantitative estimate of drug-likeness (QED) is 0.519. The molecule has 0 unspecified atom stereocenters. The number of nitrogens with one attached hydrogen (secondary N) is 3. The van der Waals surface area contributed by atoms with Crippen LogP contribution in [0.1, 0.15) is 36.5 Å². The molecule has 8 nitrogen and oxygen atoms in total. The van der Waals surface area contributed by atoms with Crippen LogP contribution in [0.3, 0.4) is 0 Å². The van der Waals surface area contributed by atoms with Gasteiger partial charge in [0.05, 0.1) is 11.8 Å². The van der Waals surface area contributed by atoms with Gasteiger partial charge in [-0.1, -0.05) is 6.07 Å². The van der Waals surface area contributed by atoms with E-state index in [0.29, 0.717) is 39.1 Å². The Balaban J connectivity index is 1.42. The fourth-order valence-electron chi connectivity index (χ4n) is 4.91. The number of piperidine rings is 1. The first kappa shape index (κ1) is 23.9. The normalized spacial score (nSPS) is 19.8. The molecule has 0 radical (unpaired) electrons. The zero-order valence-corrected chi connectivity index (χ0v) is 19.7. The highest BCUT2D eigenvalue weighted by Crippen LogP contribution is 2.28. The molecule has 1 aliphatic heterocycles. The van der Waals surface area contributed by atoms with E-state index in [1.165, 1.54) is 18.1 Å². The summed E-state index contributed by atoms with van der Waals surface area (Å²) in [5.41, 5.74) is 4.61. The van der Waals surface area contributed by atoms with E-state index in [9.17, 15) is 14.4 Å². The van der Waals surface area contributed by atoms with Crippen molar-refractivity contribution in [1.29, 1.82) is 0 Å². The van der Waals surface area contributed by atoms with E-state index >= 15 is 0 Å². The van der Waals surface area contributed by atoms with Crippen LogP contribution < -0.4 is 16.0 Å². The molecular formula is C26H33N5O3. The molecule has 0 saturated carbocycles. The molecule has 1 aromatic heterocycles. The molecule has 0 bridgehead atoms. The standard InChI is InChI=1S/C26H33N5O3/c1-18(32)28-11-12-29-25(33)22-13-23(17-31(16-22)15-19-7-9-27-10-8-19)26(34)30-24-6-5-20-3-2-4-21(20)14-24/h5-10,14,22-23H,2-4,11-13,15-17H2,1H3,(H,28,32)(H,29,33)(H,30,34)/t22-,23+/m0/s1. The van der Waals surface area contributed by atoms with Crippen LogP contribution in [0, 0.1) is 11.8 Å². The third-order valence-electron chi connectivity index (χ3n) is 6.59. The highest BCUT2D eigenvalue weighted by Gasteiger charge is 2.35. The molecule has 3 N–H and O–H groups in total. The van der Waals surface area contributed by atoms with E-state index < -0.39 is 0 Å². The van der Waals surface area contributed by atoms with Crippen LogP contribution in [-0.4, -0.2) is 53.8 Å². The number of aryl methyl sites for hydroxylation is 2. The lowest BCUT2D eigenvalue weighted by molar-refractivity contribution is -0.130. The lowest BCUT2D eigenvalue weighted by atomic mass is 9.87. The first-order valence-corrected chi connectivity index (χ1v) is 12.0. The van der Waals surface area contributed by atoms with Crippen molar-refractivity contribution in [3.63, 3.8) is 0 Å². The Hall–Kier alpha value is -3.26. The van der Waals surface area contributed by atoms with Crippen molar-refractivity contribution in [3.05, 3.63) is 59.4 Å². The van der Waals surface area contributed by atoms with Crippen LogP contribution in [0.2, 0.25) is 0 Å². The maximum atomic E-state index is 13.2. The van der Waals surface area contributed by atoms with Crippen molar-refractivity contribution < 1.29 is 14.4 Å². The van der Waals surface area contributed by atoms with Gasteiger partial charge in [0.15, 0.2) is 0 Å². The Morgan fingerprint density at radius 2 is 1.65 bits per heavy atom. The Kier molecular flexibility index (Phi) is 7.90. The van der Waals surface area contributed by atoms with Crippen molar-refractivity contribution >= 4 is 23.4 Å². The molecule has 8 heteroatoms. The number of nitrogens with zero attached hydrogens (tertiary/aromatic N) is 2. The summed E-state index contributed by atoms with van der Waals surface area (Å²) in [5, 5.41) is 8.69. The summed E-state index contributed by atoms with van der Waals surface area (Å²) in [6.07, 6.45) is 7.33. The van der Waals surface area contributed by atoms with Gasteiger partial charge >= 0.3 is 0 Å². The van der Waals surface area contributed by atoms with Gasteiger partial charge in [0.2, 0.25) is 17.7 Å². The lowest BCUT2D eigenvalue weighted by Crippen LogP contribution is -2.49. The predicted molar refractivity (Wildman–Crippen MR) is 130 cm³/mol. The molecule has 2 aliphatic rings. The number of hydrogen-bond donors (Lipinski definition) is 3. The molecule has 1 fully saturated rings. The number of carbonyl (C=O) groups excluding carboxylic acids is 3. The minimum Gasteiger partial charge on any atom is -0.355 e. The number of benzene rings is 1. The molecule has 3 amide bonds. The van der Waals surface area contributed by atoms with Gasteiger partial charge in [-0.3, -0.25) is 24.3 Å². The number of likely N-dealkylation sites (tertiary alicyclic amines) is 1. The number of carbonyl (C=O) groups is 3. The maximum absolute atomic E-state index is 13.2. The van der Waals surface area contributed by atoms with E-state index in [1.807, 2.05) is 18.2 Å². The van der Waals surface area contributed by atoms with E-state index in [2.05, 4.69) is 38.0 Å². The zero-order valence-electron chi connectivity index (χ0n) is 19.7. The third-order valence-corrected chi connectivity index (χ3v) is 6.59. The number of rotatable bonds is 8. The van der Waals surface area contributed by atoms with E-state index in [4.69, 9.17) is 0 Å². The SMILES string of the molecule is CC(=O)NCCNC(=O)[C@H]1C[C@@H](C(=O)Nc2ccc3c(c2)CCC3)CN(Cc2ccncc2)C1. The Labute approximate surface area is 200 Å². The fraction of sp³-hybridized carbons (Fsp3) is 0.462. The zero-order chi connectivity index (χ0) is 23.9. The molecule has 1 aliphatic carbocycles. The second-order valence-corrected chi connectivity index (χ2v) is 9.28. The number of amides is 3. The van der Waals surface area contributed by atoms with Gasteiger partial charge in [0.1, 0.15) is 0 Å². The van der Waals surface area contributed by atoms with Gasteiger partial charge in [0.25, 0.3) is 0 Å². The Bertz CT molecular complexity index is 1030. The number of anilines is 1. The van der Waals surface area contributed by atoms with Gasteiger partial charge in [0, 0.05) is 57.7 Å². The molecule has 34 heavy (non-hydrogen) atoms. The molecule has 2 aromatic rings. The van der Waals surface area contributed by atoms with Crippen molar-refractivity contribution in [1.82, 2.24) is 20.5 Å². The van der Waals surface area contributed by atoms with Gasteiger partial charge in [-0.15, -0.1) is 0 Å².